The maximum absolute atomic E-state index is 12.9. The minimum Gasteiger partial charge on any atom is -0.545 e. The van der Waals surface area contributed by atoms with Crippen molar-refractivity contribution in [3.8, 4) is 0 Å². The Morgan fingerprint density at radius 3 is 0.954 bits per heavy atom. The van der Waals surface area contributed by atoms with Crippen molar-refractivity contribution in [3.63, 3.8) is 0 Å². The Balaban J connectivity index is 4.17. The highest BCUT2D eigenvalue weighted by Gasteiger charge is 2.22. The third-order valence-electron chi connectivity index (χ3n) is 14.0. The third-order valence-corrected chi connectivity index (χ3v) is 14.0. The number of esters is 2. The molecule has 0 fully saturated rings. The molecule has 2 unspecified atom stereocenters. The fourth-order valence-corrected chi connectivity index (χ4v) is 8.80. The summed E-state index contributed by atoms with van der Waals surface area (Å²) >= 11 is 0. The summed E-state index contributed by atoms with van der Waals surface area (Å²) < 4.78 is 22.7. The van der Waals surface area contributed by atoms with Gasteiger partial charge in [0.25, 0.3) is 0 Å². The van der Waals surface area contributed by atoms with Crippen LogP contribution in [0.15, 0.2) is 170 Å². The Labute approximate surface area is 533 Å². The fourth-order valence-electron chi connectivity index (χ4n) is 8.80. The van der Waals surface area contributed by atoms with Crippen molar-refractivity contribution in [1.29, 1.82) is 0 Å². The number of carbonyl (C=O) groups excluding carboxylic acids is 3. The molecule has 0 saturated heterocycles. The number of rotatable bonds is 61. The number of carbonyl (C=O) groups is 3. The Morgan fingerprint density at radius 2 is 0.632 bits per heavy atom. The van der Waals surface area contributed by atoms with E-state index in [1.807, 2.05) is 21.1 Å². The lowest BCUT2D eigenvalue weighted by Gasteiger charge is -2.26. The molecule has 0 amide bonds. The van der Waals surface area contributed by atoms with Gasteiger partial charge in [-0.2, -0.15) is 0 Å². The number of carboxylic acids is 1. The first-order chi connectivity index (χ1) is 42.6. The topological polar surface area (TPSA) is 111 Å². The van der Waals surface area contributed by atoms with Gasteiger partial charge in [-0.05, 0) is 122 Å². The van der Waals surface area contributed by atoms with Crippen LogP contribution >= 0.6 is 0 Å². The van der Waals surface area contributed by atoms with Crippen LogP contribution in [0.3, 0.4) is 0 Å². The summed E-state index contributed by atoms with van der Waals surface area (Å²) in [5.74, 6) is -2.37. The van der Waals surface area contributed by atoms with Crippen molar-refractivity contribution in [3.05, 3.63) is 170 Å². The average Bonchev–Trinajstić information content (AvgIpc) is 3.55. The monoisotopic (exact) mass is 1200 g/mol. The number of carboxylic acid groups (broad SMARTS) is 1. The Morgan fingerprint density at radius 1 is 0.345 bits per heavy atom. The van der Waals surface area contributed by atoms with E-state index in [0.717, 1.165) is 116 Å². The molecule has 0 saturated carbocycles. The molecule has 0 aliphatic carbocycles. The van der Waals surface area contributed by atoms with Crippen LogP contribution in [0.2, 0.25) is 0 Å². The van der Waals surface area contributed by atoms with Gasteiger partial charge in [0.05, 0.1) is 40.3 Å². The molecule has 0 heterocycles. The van der Waals surface area contributed by atoms with Gasteiger partial charge in [0.15, 0.2) is 12.4 Å². The number of nitrogens with zero attached hydrogens (tertiary/aromatic N) is 1. The number of quaternary nitrogens is 1. The Bertz CT molecular complexity index is 2030. The van der Waals surface area contributed by atoms with Gasteiger partial charge in [-0.25, -0.2) is 0 Å². The van der Waals surface area contributed by atoms with E-state index in [1.54, 1.807) is 0 Å². The maximum Gasteiger partial charge on any atom is 0.306 e. The van der Waals surface area contributed by atoms with Gasteiger partial charge >= 0.3 is 11.9 Å². The zero-order valence-electron chi connectivity index (χ0n) is 55.8. The first kappa shape index (κ1) is 81.7. The van der Waals surface area contributed by atoms with Gasteiger partial charge in [-0.1, -0.05) is 280 Å². The zero-order chi connectivity index (χ0) is 63.3. The van der Waals surface area contributed by atoms with Gasteiger partial charge in [0.1, 0.15) is 13.2 Å². The molecule has 490 valence electrons. The van der Waals surface area contributed by atoms with Crippen molar-refractivity contribution < 1.29 is 42.9 Å². The second-order valence-electron chi connectivity index (χ2n) is 23.3. The fraction of sp³-hybridized carbons (Fsp3) is 0.603. The van der Waals surface area contributed by atoms with Crippen molar-refractivity contribution in [2.75, 3.05) is 47.5 Å². The lowest BCUT2D eigenvalue weighted by Crippen LogP contribution is -2.44. The van der Waals surface area contributed by atoms with Crippen LogP contribution in [-0.4, -0.2) is 82.3 Å². The molecule has 0 aromatic heterocycles. The second-order valence-corrected chi connectivity index (χ2v) is 23.3. The summed E-state index contributed by atoms with van der Waals surface area (Å²) in [7, 11) is 5.90. The van der Waals surface area contributed by atoms with Gasteiger partial charge in [-0.15, -0.1) is 0 Å². The van der Waals surface area contributed by atoms with Gasteiger partial charge in [0.2, 0.25) is 0 Å². The number of hydrogen-bond acceptors (Lipinski definition) is 8. The van der Waals surface area contributed by atoms with Crippen LogP contribution in [0.1, 0.15) is 245 Å². The predicted octanol–water partition coefficient (Wildman–Crippen LogP) is 20.1. The molecule has 0 spiro atoms. The van der Waals surface area contributed by atoms with Crippen molar-refractivity contribution in [1.82, 2.24) is 0 Å². The molecule has 0 rings (SSSR count). The minimum atomic E-state index is -1.64. The number of likely N-dealkylation sites (N-methyl/N-ethyl adjacent to an activating group) is 1. The molecule has 0 bridgehead atoms. The molecule has 0 aliphatic rings. The van der Waals surface area contributed by atoms with Crippen molar-refractivity contribution in [2.45, 2.75) is 257 Å². The number of hydrogen-bond donors (Lipinski definition) is 0. The summed E-state index contributed by atoms with van der Waals surface area (Å²) in [6.45, 7) is 4.44. The smallest absolute Gasteiger partial charge is 0.306 e. The third kappa shape index (κ3) is 68.0. The van der Waals surface area contributed by atoms with Gasteiger partial charge < -0.3 is 33.3 Å². The van der Waals surface area contributed by atoms with Crippen LogP contribution in [0.25, 0.3) is 0 Å². The highest BCUT2D eigenvalue weighted by Crippen LogP contribution is 2.16. The summed E-state index contributed by atoms with van der Waals surface area (Å²) in [5, 5.41) is 11.8. The molecule has 87 heavy (non-hydrogen) atoms. The maximum atomic E-state index is 12.9. The quantitative estimate of drug-likeness (QED) is 0.0195. The largest absolute Gasteiger partial charge is 0.545 e. The first-order valence-electron chi connectivity index (χ1n) is 34.3. The lowest BCUT2D eigenvalue weighted by atomic mass is 10.0. The summed E-state index contributed by atoms with van der Waals surface area (Å²) in [6.07, 6.45) is 97.3. The number of aliphatic carboxylic acids is 1. The van der Waals surface area contributed by atoms with E-state index >= 15 is 0 Å². The summed E-state index contributed by atoms with van der Waals surface area (Å²) in [6, 6.07) is 0. The van der Waals surface area contributed by atoms with Gasteiger partial charge in [-0.3, -0.25) is 9.59 Å². The Hall–Kier alpha value is -5.35. The lowest BCUT2D eigenvalue weighted by molar-refractivity contribution is -0.870. The molecule has 0 radical (unpaired) electrons. The summed E-state index contributed by atoms with van der Waals surface area (Å²) in [4.78, 5) is 37.4. The number of unbranched alkanes of at least 4 members (excludes halogenated alkanes) is 18. The molecular weight excluding hydrogens is 1080 g/mol. The van der Waals surface area contributed by atoms with E-state index < -0.39 is 30.3 Å². The van der Waals surface area contributed by atoms with Crippen LogP contribution in [0.5, 0.6) is 0 Å². The predicted molar refractivity (Wildman–Crippen MR) is 370 cm³/mol. The molecule has 0 aromatic rings. The normalized spacial score (nSPS) is 13.8. The van der Waals surface area contributed by atoms with E-state index in [4.69, 9.17) is 18.9 Å². The molecule has 9 heteroatoms. The van der Waals surface area contributed by atoms with E-state index in [0.29, 0.717) is 23.9 Å². The number of allylic oxidation sites excluding steroid dienone is 28. The molecule has 0 aliphatic heterocycles. The van der Waals surface area contributed by atoms with E-state index in [1.165, 1.54) is 89.9 Å². The Kier molecular flexibility index (Phi) is 62.5. The van der Waals surface area contributed by atoms with Crippen LogP contribution < -0.4 is 5.11 Å². The molecule has 0 N–H and O–H groups in total. The van der Waals surface area contributed by atoms with Crippen LogP contribution in [0.4, 0.5) is 0 Å². The zero-order valence-corrected chi connectivity index (χ0v) is 55.8. The van der Waals surface area contributed by atoms with E-state index in [2.05, 4.69) is 184 Å². The van der Waals surface area contributed by atoms with Crippen LogP contribution in [0, 0.1) is 0 Å². The highest BCUT2D eigenvalue weighted by molar-refractivity contribution is 5.70. The number of ether oxygens (including phenoxy) is 4. The van der Waals surface area contributed by atoms with Crippen molar-refractivity contribution >= 4 is 17.9 Å². The van der Waals surface area contributed by atoms with Gasteiger partial charge in [0, 0.05) is 12.8 Å². The van der Waals surface area contributed by atoms with E-state index in [-0.39, 0.29) is 32.7 Å². The van der Waals surface area contributed by atoms with Crippen molar-refractivity contribution in [2.24, 2.45) is 0 Å². The summed E-state index contributed by atoms with van der Waals surface area (Å²) in [5.41, 5.74) is 0. The first-order valence-corrected chi connectivity index (χ1v) is 34.3. The highest BCUT2D eigenvalue weighted by atomic mass is 16.7. The molecule has 2 atom stereocenters. The SMILES string of the molecule is CC/C=C\C/C=C\C/C=C\C/C=C\C/C=C\C/C=C\C/C=C\CCCCCCCCCCCCCCCCCCCC(=O)OC(COC(=O)CCC/C=C\C/C=C\C/C=C\C/C=C\C/C=C\C/C=C\C/C=C\CC)COC(OCC[N+](C)(C)C)C(=O)[O-]. The average molecular weight is 1200 g/mol. The molecule has 0 aromatic carbocycles. The van der Waals surface area contributed by atoms with Crippen LogP contribution in [-0.2, 0) is 33.3 Å². The second kappa shape index (κ2) is 66.6. The molecule has 9 nitrogen and oxygen atoms in total. The molecular formula is C78H125NO8. The minimum absolute atomic E-state index is 0.131. The van der Waals surface area contributed by atoms with E-state index in [9.17, 15) is 19.5 Å². The standard InChI is InChI=1S/C78H125NO8/c1-6-8-10-12-14-16-18-20-22-24-26-28-30-31-32-33-34-35-36-37-38-39-40-41-42-43-44-45-47-49-51-53-55-57-59-61-63-65-67-69-76(81)87-74(73-86-78(77(82)83)84-71-70-79(3,4)5)72-85-75(80)68-66-64-62-60-58-56-54-52-50-48-46-29-27-25-23-21-19-17-15-13-11-9-7-2/h8-11,14-17,20-23,26-29,31-32,34-35,37-38,48,50,54,56,60,62,74,78H,6-7,12-13,18-19,24-25,30,33,36,39-47,49,51-53,55,57-59,61,63-73H2,1-5H3/b10-8-,11-9-,16-14-,17-15-,22-20-,23-21-,28-26-,29-27-,32-31-,35-34-,38-37-,50-48-,56-54-,62-60-.